The zero-order chi connectivity index (χ0) is 11.3. The number of amides is 1. The van der Waals surface area contributed by atoms with Gasteiger partial charge in [-0.05, 0) is 13.8 Å². The molecular weight excluding hydrogens is 196 g/mol. The molecular formula is C10H16N2O3. The van der Waals surface area contributed by atoms with Crippen LogP contribution in [0.4, 0.5) is 0 Å². The Morgan fingerprint density at radius 1 is 1.60 bits per heavy atom. The Morgan fingerprint density at radius 3 is 2.87 bits per heavy atom. The molecule has 0 radical (unpaired) electrons. The molecule has 0 spiro atoms. The molecule has 0 saturated carbocycles. The van der Waals surface area contributed by atoms with Gasteiger partial charge in [-0.1, -0.05) is 0 Å². The van der Waals surface area contributed by atoms with E-state index in [2.05, 4.69) is 11.4 Å². The van der Waals surface area contributed by atoms with Gasteiger partial charge in [0.15, 0.2) is 6.10 Å². The number of hydrogen-bond acceptors (Lipinski definition) is 4. The van der Waals surface area contributed by atoms with E-state index in [1.165, 1.54) is 0 Å². The van der Waals surface area contributed by atoms with Crippen LogP contribution < -0.4 is 5.32 Å². The standard InChI is InChI=1S/C10H16N2O3/c1-10(2,6-11)7-12-9(13)8-5-14-3-4-15-8/h8H,3-5,7H2,1-2H3,(H,12,13). The molecule has 0 aliphatic carbocycles. The number of rotatable bonds is 3. The summed E-state index contributed by atoms with van der Waals surface area (Å²) in [5.74, 6) is -0.210. The largest absolute Gasteiger partial charge is 0.376 e. The molecule has 0 aromatic heterocycles. The van der Waals surface area contributed by atoms with Crippen molar-refractivity contribution in [1.82, 2.24) is 5.32 Å². The number of nitrogens with zero attached hydrogens (tertiary/aromatic N) is 1. The fraction of sp³-hybridized carbons (Fsp3) is 0.800. The second-order valence-corrected chi connectivity index (χ2v) is 4.15. The lowest BCUT2D eigenvalue weighted by Gasteiger charge is -2.23. The van der Waals surface area contributed by atoms with Gasteiger partial charge in [0.05, 0.1) is 31.3 Å². The fourth-order valence-corrected chi connectivity index (χ4v) is 1.10. The minimum Gasteiger partial charge on any atom is -0.376 e. The maximum absolute atomic E-state index is 11.5. The van der Waals surface area contributed by atoms with Gasteiger partial charge in [0.25, 0.3) is 5.91 Å². The van der Waals surface area contributed by atoms with Crippen LogP contribution in [0.25, 0.3) is 0 Å². The highest BCUT2D eigenvalue weighted by Crippen LogP contribution is 2.11. The third-order valence-corrected chi connectivity index (χ3v) is 2.12. The molecule has 1 aliphatic heterocycles. The van der Waals surface area contributed by atoms with Crippen molar-refractivity contribution < 1.29 is 14.3 Å². The van der Waals surface area contributed by atoms with Crippen LogP contribution in [0.15, 0.2) is 0 Å². The first kappa shape index (κ1) is 12.0. The van der Waals surface area contributed by atoms with Crippen molar-refractivity contribution in [2.45, 2.75) is 20.0 Å². The van der Waals surface area contributed by atoms with E-state index < -0.39 is 11.5 Å². The minimum absolute atomic E-state index is 0.210. The van der Waals surface area contributed by atoms with Gasteiger partial charge in [-0.3, -0.25) is 4.79 Å². The number of carbonyl (C=O) groups is 1. The van der Waals surface area contributed by atoms with Gasteiger partial charge in [0.2, 0.25) is 0 Å². The summed E-state index contributed by atoms with van der Waals surface area (Å²) >= 11 is 0. The third kappa shape index (κ3) is 3.86. The molecule has 5 nitrogen and oxygen atoms in total. The molecule has 84 valence electrons. The molecule has 1 atom stereocenters. The van der Waals surface area contributed by atoms with Gasteiger partial charge in [-0.25, -0.2) is 0 Å². The second-order valence-electron chi connectivity index (χ2n) is 4.15. The van der Waals surface area contributed by atoms with Crippen LogP contribution in [0.3, 0.4) is 0 Å². The van der Waals surface area contributed by atoms with Crippen molar-refractivity contribution in [2.24, 2.45) is 5.41 Å². The smallest absolute Gasteiger partial charge is 0.251 e. The van der Waals surface area contributed by atoms with Crippen molar-refractivity contribution >= 4 is 5.91 Å². The average Bonchev–Trinajstić information content (AvgIpc) is 2.27. The average molecular weight is 212 g/mol. The van der Waals surface area contributed by atoms with Gasteiger partial charge in [-0.15, -0.1) is 0 Å². The summed E-state index contributed by atoms with van der Waals surface area (Å²) in [7, 11) is 0. The van der Waals surface area contributed by atoms with E-state index in [4.69, 9.17) is 14.7 Å². The van der Waals surface area contributed by atoms with Crippen LogP contribution in [0.2, 0.25) is 0 Å². The fourth-order valence-electron chi connectivity index (χ4n) is 1.10. The molecule has 0 aromatic carbocycles. The first-order valence-electron chi connectivity index (χ1n) is 4.93. The van der Waals surface area contributed by atoms with E-state index in [0.717, 1.165) is 0 Å². The summed E-state index contributed by atoms with van der Waals surface area (Å²) in [4.78, 5) is 11.5. The quantitative estimate of drug-likeness (QED) is 0.718. The first-order chi connectivity index (χ1) is 7.05. The summed E-state index contributed by atoms with van der Waals surface area (Å²) in [6.07, 6.45) is -0.534. The minimum atomic E-state index is -0.550. The maximum Gasteiger partial charge on any atom is 0.251 e. The van der Waals surface area contributed by atoms with Gasteiger partial charge in [0.1, 0.15) is 0 Å². The van der Waals surface area contributed by atoms with E-state index in [-0.39, 0.29) is 5.91 Å². The zero-order valence-corrected chi connectivity index (χ0v) is 9.08. The van der Waals surface area contributed by atoms with Crippen molar-refractivity contribution in [2.75, 3.05) is 26.4 Å². The highest BCUT2D eigenvalue weighted by molar-refractivity contribution is 5.81. The first-order valence-corrected chi connectivity index (χ1v) is 4.93. The number of carbonyl (C=O) groups excluding carboxylic acids is 1. The lowest BCUT2D eigenvalue weighted by Crippen LogP contribution is -2.45. The van der Waals surface area contributed by atoms with E-state index in [9.17, 15) is 4.79 Å². The third-order valence-electron chi connectivity index (χ3n) is 2.12. The van der Waals surface area contributed by atoms with Gasteiger partial charge in [-0.2, -0.15) is 5.26 Å². The van der Waals surface area contributed by atoms with Crippen molar-refractivity contribution in [3.05, 3.63) is 0 Å². The Balaban J connectivity index is 2.32. The van der Waals surface area contributed by atoms with Crippen molar-refractivity contribution in [3.8, 4) is 6.07 Å². The molecule has 1 fully saturated rings. The number of nitrogens with one attached hydrogen (secondary N) is 1. The predicted molar refractivity (Wildman–Crippen MR) is 53.0 cm³/mol. The summed E-state index contributed by atoms with van der Waals surface area (Å²) in [6, 6.07) is 2.11. The molecule has 1 aliphatic rings. The number of hydrogen-bond donors (Lipinski definition) is 1. The Hall–Kier alpha value is -1.12. The summed E-state index contributed by atoms with van der Waals surface area (Å²) in [6.45, 7) is 5.13. The monoisotopic (exact) mass is 212 g/mol. The summed E-state index contributed by atoms with van der Waals surface area (Å²) < 4.78 is 10.3. The van der Waals surface area contributed by atoms with E-state index in [0.29, 0.717) is 26.4 Å². The molecule has 1 rings (SSSR count). The van der Waals surface area contributed by atoms with Crippen LogP contribution in [0.5, 0.6) is 0 Å². The zero-order valence-electron chi connectivity index (χ0n) is 9.08. The summed E-state index contributed by atoms with van der Waals surface area (Å²) in [5, 5.41) is 11.4. The Labute approximate surface area is 89.3 Å². The second kappa shape index (κ2) is 5.10. The van der Waals surface area contributed by atoms with Gasteiger partial charge in [0, 0.05) is 6.54 Å². The van der Waals surface area contributed by atoms with Crippen molar-refractivity contribution in [1.29, 1.82) is 5.26 Å². The SMILES string of the molecule is CC(C)(C#N)CNC(=O)C1COCCO1. The molecule has 1 amide bonds. The highest BCUT2D eigenvalue weighted by atomic mass is 16.6. The molecule has 5 heteroatoms. The topological polar surface area (TPSA) is 71.4 Å². The molecule has 0 bridgehead atoms. The Bertz CT molecular complexity index is 264. The lowest BCUT2D eigenvalue weighted by molar-refractivity contribution is -0.147. The molecule has 1 saturated heterocycles. The van der Waals surface area contributed by atoms with E-state index >= 15 is 0 Å². The van der Waals surface area contributed by atoms with Crippen LogP contribution in [0.1, 0.15) is 13.8 Å². The van der Waals surface area contributed by atoms with E-state index in [1.54, 1.807) is 13.8 Å². The summed E-state index contributed by atoms with van der Waals surface area (Å²) in [5.41, 5.74) is -0.550. The lowest BCUT2D eigenvalue weighted by atomic mass is 9.96. The van der Waals surface area contributed by atoms with Crippen LogP contribution in [0, 0.1) is 16.7 Å². The number of nitriles is 1. The van der Waals surface area contributed by atoms with Crippen molar-refractivity contribution in [3.63, 3.8) is 0 Å². The van der Waals surface area contributed by atoms with Crippen LogP contribution in [-0.2, 0) is 14.3 Å². The molecule has 1 heterocycles. The van der Waals surface area contributed by atoms with Gasteiger partial charge >= 0.3 is 0 Å². The molecule has 15 heavy (non-hydrogen) atoms. The molecule has 1 N–H and O–H groups in total. The van der Waals surface area contributed by atoms with Gasteiger partial charge < -0.3 is 14.8 Å². The predicted octanol–water partition coefficient (Wildman–Crippen LogP) is 0.0678. The Kier molecular flexibility index (Phi) is 4.06. The van der Waals surface area contributed by atoms with E-state index in [1.807, 2.05) is 0 Å². The number of ether oxygens (including phenoxy) is 2. The highest BCUT2D eigenvalue weighted by Gasteiger charge is 2.25. The molecule has 1 unspecified atom stereocenters. The Morgan fingerprint density at radius 2 is 2.33 bits per heavy atom. The van der Waals surface area contributed by atoms with Crippen LogP contribution in [-0.4, -0.2) is 38.4 Å². The van der Waals surface area contributed by atoms with Crippen LogP contribution >= 0.6 is 0 Å². The maximum atomic E-state index is 11.5. The normalized spacial score (nSPS) is 21.8. The molecule has 0 aromatic rings.